The van der Waals surface area contributed by atoms with Crippen LogP contribution in [0.4, 0.5) is 0 Å². The summed E-state index contributed by atoms with van der Waals surface area (Å²) >= 11 is 3.53. The minimum atomic E-state index is 0.508. The van der Waals surface area contributed by atoms with Crippen molar-refractivity contribution in [2.24, 2.45) is 0 Å². The van der Waals surface area contributed by atoms with Gasteiger partial charge in [0.2, 0.25) is 0 Å². The van der Waals surface area contributed by atoms with Crippen molar-refractivity contribution in [1.82, 2.24) is 14.8 Å². The molecule has 1 aliphatic carbocycles. The van der Waals surface area contributed by atoms with Crippen LogP contribution in [0, 0.1) is 0 Å². The van der Waals surface area contributed by atoms with Crippen LogP contribution in [0.15, 0.2) is 65.1 Å². The Morgan fingerprint density at radius 3 is 2.59 bits per heavy atom. The maximum atomic E-state index is 5.13. The molecule has 134 valence electrons. The molecule has 0 bridgehead atoms. The zero-order valence-electron chi connectivity index (χ0n) is 15.2. The minimum Gasteiger partial charge on any atom is -0.232 e. The van der Waals surface area contributed by atoms with Gasteiger partial charge in [0.05, 0.1) is 5.69 Å². The van der Waals surface area contributed by atoms with Gasteiger partial charge in [0.15, 0.2) is 5.65 Å². The lowest BCUT2D eigenvalue weighted by molar-refractivity contribution is 0.575. The lowest BCUT2D eigenvalue weighted by Gasteiger charge is -2.21. The molecule has 0 N–H and O–H groups in total. The van der Waals surface area contributed by atoms with Gasteiger partial charge in [-0.05, 0) is 61.1 Å². The number of aryl methyl sites for hydroxylation is 1. The number of rotatable bonds is 2. The smallest absolute Gasteiger partial charge is 0.163 e. The van der Waals surface area contributed by atoms with Gasteiger partial charge >= 0.3 is 0 Å². The van der Waals surface area contributed by atoms with E-state index in [0.717, 1.165) is 38.9 Å². The van der Waals surface area contributed by atoms with Gasteiger partial charge in [-0.3, -0.25) is 0 Å². The number of hydrogen-bond donors (Lipinski definition) is 0. The second-order valence-electron chi connectivity index (χ2n) is 7.30. The quantitative estimate of drug-likeness (QED) is 0.383. The molecule has 1 unspecified atom stereocenters. The molecule has 2 heterocycles. The van der Waals surface area contributed by atoms with E-state index in [-0.39, 0.29) is 0 Å². The molecule has 0 amide bonds. The van der Waals surface area contributed by atoms with Gasteiger partial charge in [-0.1, -0.05) is 53.2 Å². The summed E-state index contributed by atoms with van der Waals surface area (Å²) in [5.74, 6) is 0.508. The summed E-state index contributed by atoms with van der Waals surface area (Å²) < 4.78 is 3.07. The van der Waals surface area contributed by atoms with Crippen molar-refractivity contribution in [2.45, 2.75) is 32.1 Å². The molecule has 2 aromatic heterocycles. The first-order valence-corrected chi connectivity index (χ1v) is 10.2. The third kappa shape index (κ3) is 2.88. The van der Waals surface area contributed by atoms with Gasteiger partial charge in [0.25, 0.3) is 0 Å². The monoisotopic (exact) mass is 417 g/mol. The average Bonchev–Trinajstić information content (AvgIpc) is 3.07. The van der Waals surface area contributed by atoms with E-state index in [1.165, 1.54) is 24.1 Å². The van der Waals surface area contributed by atoms with Crippen LogP contribution in [0.2, 0.25) is 0 Å². The molecular weight excluding hydrogens is 398 g/mol. The molecule has 0 saturated carbocycles. The van der Waals surface area contributed by atoms with Crippen molar-refractivity contribution in [1.29, 1.82) is 0 Å². The predicted octanol–water partition coefficient (Wildman–Crippen LogP) is 6.29. The van der Waals surface area contributed by atoms with Crippen LogP contribution in [-0.4, -0.2) is 14.8 Å². The van der Waals surface area contributed by atoms with Crippen LogP contribution < -0.4 is 0 Å². The van der Waals surface area contributed by atoms with E-state index < -0.39 is 0 Å². The van der Waals surface area contributed by atoms with E-state index in [9.17, 15) is 0 Å². The van der Waals surface area contributed by atoms with Crippen molar-refractivity contribution in [3.63, 3.8) is 0 Å². The number of fused-ring (bicyclic) bond motifs is 2. The summed E-state index contributed by atoms with van der Waals surface area (Å²) in [6.07, 6.45) is 3.56. The fourth-order valence-electron chi connectivity index (χ4n) is 4.03. The van der Waals surface area contributed by atoms with Crippen LogP contribution in [0.5, 0.6) is 0 Å². The highest BCUT2D eigenvalue weighted by Crippen LogP contribution is 2.36. The SMILES string of the molecule is CC1CCCc2cc3c(-c4ccc(Br)cc4)nn(-c4ccccc4)c3nc21. The van der Waals surface area contributed by atoms with Gasteiger partial charge in [-0.25, -0.2) is 9.67 Å². The Morgan fingerprint density at radius 2 is 1.81 bits per heavy atom. The highest BCUT2D eigenvalue weighted by molar-refractivity contribution is 9.10. The Kier molecular flexibility index (Phi) is 4.09. The molecule has 2 aromatic carbocycles. The van der Waals surface area contributed by atoms with Crippen molar-refractivity contribution in [3.8, 4) is 16.9 Å². The second kappa shape index (κ2) is 6.61. The van der Waals surface area contributed by atoms with E-state index in [1.807, 2.05) is 22.9 Å². The molecule has 27 heavy (non-hydrogen) atoms. The highest BCUT2D eigenvalue weighted by atomic mass is 79.9. The minimum absolute atomic E-state index is 0.508. The van der Waals surface area contributed by atoms with E-state index in [4.69, 9.17) is 10.1 Å². The molecule has 0 spiro atoms. The molecular formula is C23H20BrN3. The molecule has 0 fully saturated rings. The van der Waals surface area contributed by atoms with Crippen molar-refractivity contribution >= 4 is 27.0 Å². The van der Waals surface area contributed by atoms with Gasteiger partial charge in [0.1, 0.15) is 5.69 Å². The van der Waals surface area contributed by atoms with Crippen LogP contribution in [0.25, 0.3) is 28.0 Å². The first kappa shape index (κ1) is 16.7. The molecule has 4 heteroatoms. The Bertz CT molecular complexity index is 1110. The van der Waals surface area contributed by atoms with Crippen LogP contribution in [0.1, 0.15) is 36.9 Å². The predicted molar refractivity (Wildman–Crippen MR) is 113 cm³/mol. The fourth-order valence-corrected chi connectivity index (χ4v) is 4.29. The van der Waals surface area contributed by atoms with Gasteiger partial charge in [-0.15, -0.1) is 0 Å². The summed E-state index contributed by atoms with van der Waals surface area (Å²) in [6, 6.07) is 21.0. The van der Waals surface area contributed by atoms with Crippen molar-refractivity contribution in [2.75, 3.05) is 0 Å². The van der Waals surface area contributed by atoms with E-state index in [0.29, 0.717) is 5.92 Å². The van der Waals surface area contributed by atoms with Crippen LogP contribution in [0.3, 0.4) is 0 Å². The molecule has 5 rings (SSSR count). The number of para-hydroxylation sites is 1. The lowest BCUT2D eigenvalue weighted by Crippen LogP contribution is -2.10. The first-order valence-electron chi connectivity index (χ1n) is 9.44. The summed E-state index contributed by atoms with van der Waals surface area (Å²) in [7, 11) is 0. The number of benzene rings is 2. The second-order valence-corrected chi connectivity index (χ2v) is 8.22. The Labute approximate surface area is 167 Å². The Hall–Kier alpha value is -2.46. The number of pyridine rings is 1. The molecule has 1 atom stereocenters. The lowest BCUT2D eigenvalue weighted by atomic mass is 9.87. The van der Waals surface area contributed by atoms with Crippen LogP contribution >= 0.6 is 15.9 Å². The highest BCUT2D eigenvalue weighted by Gasteiger charge is 2.23. The number of aromatic nitrogens is 3. The molecule has 4 aromatic rings. The molecule has 0 radical (unpaired) electrons. The Balaban J connectivity index is 1.81. The summed E-state index contributed by atoms with van der Waals surface area (Å²) in [6.45, 7) is 2.29. The summed E-state index contributed by atoms with van der Waals surface area (Å²) in [5, 5.41) is 6.13. The van der Waals surface area contributed by atoms with Crippen molar-refractivity contribution < 1.29 is 0 Å². The van der Waals surface area contributed by atoms with E-state index >= 15 is 0 Å². The largest absolute Gasteiger partial charge is 0.232 e. The zero-order valence-corrected chi connectivity index (χ0v) is 16.8. The zero-order chi connectivity index (χ0) is 18.4. The van der Waals surface area contributed by atoms with E-state index in [2.05, 4.69) is 65.3 Å². The van der Waals surface area contributed by atoms with Crippen molar-refractivity contribution in [3.05, 3.63) is 76.4 Å². The van der Waals surface area contributed by atoms with Crippen LogP contribution in [-0.2, 0) is 6.42 Å². The van der Waals surface area contributed by atoms with Gasteiger partial charge in [0, 0.05) is 21.1 Å². The molecule has 3 nitrogen and oxygen atoms in total. The van der Waals surface area contributed by atoms with Gasteiger partial charge < -0.3 is 0 Å². The maximum absolute atomic E-state index is 5.13. The fraction of sp³-hybridized carbons (Fsp3) is 0.217. The number of nitrogens with zero attached hydrogens (tertiary/aromatic N) is 3. The number of hydrogen-bond acceptors (Lipinski definition) is 2. The number of halogens is 1. The molecule has 1 aliphatic rings. The average molecular weight is 418 g/mol. The first-order chi connectivity index (χ1) is 13.2. The molecule has 0 saturated heterocycles. The summed E-state index contributed by atoms with van der Waals surface area (Å²) in [4.78, 5) is 5.13. The third-order valence-corrected chi connectivity index (χ3v) is 5.97. The normalized spacial score (nSPS) is 16.4. The standard InChI is InChI=1S/C23H20BrN3/c1-15-6-5-7-17-14-20-22(16-10-12-18(24)13-11-16)26-27(23(20)25-21(15)17)19-8-3-2-4-9-19/h2-4,8-15H,5-7H2,1H3. The summed E-state index contributed by atoms with van der Waals surface area (Å²) in [5.41, 5.74) is 6.73. The van der Waals surface area contributed by atoms with E-state index in [1.54, 1.807) is 0 Å². The third-order valence-electron chi connectivity index (χ3n) is 5.44. The Morgan fingerprint density at radius 1 is 1.04 bits per heavy atom. The van der Waals surface area contributed by atoms with Gasteiger partial charge in [-0.2, -0.15) is 5.10 Å². The maximum Gasteiger partial charge on any atom is 0.163 e. The topological polar surface area (TPSA) is 30.7 Å². The molecule has 0 aliphatic heterocycles.